The Morgan fingerprint density at radius 2 is 2.05 bits per heavy atom. The summed E-state index contributed by atoms with van der Waals surface area (Å²) in [6.07, 6.45) is 8.21. The van der Waals surface area contributed by atoms with Crippen molar-refractivity contribution in [3.63, 3.8) is 0 Å². The molecule has 0 spiro atoms. The van der Waals surface area contributed by atoms with Gasteiger partial charge in [0, 0.05) is 17.3 Å². The summed E-state index contributed by atoms with van der Waals surface area (Å²) in [6, 6.07) is 8.02. The van der Waals surface area contributed by atoms with E-state index in [1.54, 1.807) is 12.1 Å². The molecule has 0 bridgehead atoms. The lowest BCUT2D eigenvalue weighted by Gasteiger charge is -2.33. The molecule has 1 N–H and O–H groups in total. The largest absolute Gasteiger partial charge is 0.310 e. The van der Waals surface area contributed by atoms with Gasteiger partial charge in [-0.2, -0.15) is 11.8 Å². The molecule has 1 aliphatic carbocycles. The normalized spacial score (nSPS) is 25.2. The summed E-state index contributed by atoms with van der Waals surface area (Å²) < 4.78 is 13.6. The Morgan fingerprint density at radius 3 is 2.79 bits per heavy atom. The molecule has 1 aliphatic rings. The van der Waals surface area contributed by atoms with Gasteiger partial charge in [0.25, 0.3) is 0 Å². The first kappa shape index (κ1) is 14.9. The minimum Gasteiger partial charge on any atom is -0.310 e. The van der Waals surface area contributed by atoms with Crippen molar-refractivity contribution in [2.24, 2.45) is 0 Å². The molecule has 1 nitrogen and oxygen atoms in total. The second kappa shape index (κ2) is 7.30. The van der Waals surface area contributed by atoms with Crippen molar-refractivity contribution in [3.8, 4) is 0 Å². The van der Waals surface area contributed by atoms with Crippen LogP contribution in [-0.2, 0) is 6.42 Å². The van der Waals surface area contributed by atoms with Gasteiger partial charge in [0.1, 0.15) is 5.82 Å². The molecule has 0 aromatic heterocycles. The summed E-state index contributed by atoms with van der Waals surface area (Å²) in [7, 11) is 0. The smallest absolute Gasteiger partial charge is 0.126 e. The van der Waals surface area contributed by atoms with Gasteiger partial charge in [0.05, 0.1) is 0 Å². The van der Waals surface area contributed by atoms with Gasteiger partial charge in [0.15, 0.2) is 0 Å². The summed E-state index contributed by atoms with van der Waals surface area (Å²) in [5.41, 5.74) is 0.819. The molecule has 0 saturated heterocycles. The van der Waals surface area contributed by atoms with Crippen LogP contribution in [0.25, 0.3) is 0 Å². The number of rotatable bonds is 5. The molecule has 2 rings (SSSR count). The first-order valence-corrected chi connectivity index (χ1v) is 8.51. The van der Waals surface area contributed by atoms with E-state index in [0.717, 1.165) is 17.2 Å². The number of hydrogen-bond acceptors (Lipinski definition) is 2. The zero-order chi connectivity index (χ0) is 13.7. The highest BCUT2D eigenvalue weighted by molar-refractivity contribution is 7.99. The summed E-state index contributed by atoms with van der Waals surface area (Å²) in [5, 5.41) is 4.43. The van der Waals surface area contributed by atoms with E-state index in [-0.39, 0.29) is 5.82 Å². The third kappa shape index (κ3) is 4.22. The Bertz CT molecular complexity index is 396. The highest BCUT2D eigenvalue weighted by Gasteiger charge is 2.25. The van der Waals surface area contributed by atoms with E-state index in [0.29, 0.717) is 12.1 Å². The van der Waals surface area contributed by atoms with Crippen molar-refractivity contribution in [2.45, 2.75) is 56.4 Å². The van der Waals surface area contributed by atoms with Crippen LogP contribution in [0.1, 0.15) is 38.2 Å². The molecule has 0 aliphatic heterocycles. The fourth-order valence-electron chi connectivity index (χ4n) is 2.99. The third-order valence-electron chi connectivity index (χ3n) is 3.99. The molecule has 3 heteroatoms. The average molecular weight is 281 g/mol. The second-order valence-corrected chi connectivity index (χ2v) is 6.61. The van der Waals surface area contributed by atoms with Gasteiger partial charge in [0.2, 0.25) is 0 Å². The lowest BCUT2D eigenvalue weighted by Crippen LogP contribution is -2.45. The Morgan fingerprint density at radius 1 is 1.32 bits per heavy atom. The van der Waals surface area contributed by atoms with Crippen molar-refractivity contribution < 1.29 is 4.39 Å². The maximum atomic E-state index is 13.6. The van der Waals surface area contributed by atoms with Crippen LogP contribution in [0.5, 0.6) is 0 Å². The molecule has 19 heavy (non-hydrogen) atoms. The Kier molecular flexibility index (Phi) is 5.71. The van der Waals surface area contributed by atoms with Crippen LogP contribution in [0.4, 0.5) is 4.39 Å². The Labute approximate surface area is 120 Å². The fraction of sp³-hybridized carbons (Fsp3) is 0.625. The van der Waals surface area contributed by atoms with Gasteiger partial charge >= 0.3 is 0 Å². The van der Waals surface area contributed by atoms with E-state index in [1.807, 2.05) is 23.9 Å². The van der Waals surface area contributed by atoms with Crippen LogP contribution in [0.15, 0.2) is 24.3 Å². The molecule has 0 radical (unpaired) electrons. The lowest BCUT2D eigenvalue weighted by atomic mass is 9.93. The maximum absolute atomic E-state index is 13.6. The van der Waals surface area contributed by atoms with Gasteiger partial charge in [-0.25, -0.2) is 4.39 Å². The molecule has 1 saturated carbocycles. The highest BCUT2D eigenvalue weighted by Crippen LogP contribution is 2.27. The van der Waals surface area contributed by atoms with Gasteiger partial charge in [-0.3, -0.25) is 0 Å². The van der Waals surface area contributed by atoms with Gasteiger partial charge in [-0.05, 0) is 44.1 Å². The fourth-order valence-corrected chi connectivity index (χ4v) is 3.93. The van der Waals surface area contributed by atoms with Crippen LogP contribution >= 0.6 is 11.8 Å². The number of thioether (sulfide) groups is 1. The average Bonchev–Trinajstić information content (AvgIpc) is 2.42. The molecule has 0 heterocycles. The predicted molar refractivity (Wildman–Crippen MR) is 82.3 cm³/mol. The van der Waals surface area contributed by atoms with Crippen molar-refractivity contribution in [2.75, 3.05) is 6.26 Å². The number of halogens is 1. The molecular weight excluding hydrogens is 257 g/mol. The predicted octanol–water partition coefficient (Wildman–Crippen LogP) is 4.02. The summed E-state index contributed by atoms with van der Waals surface area (Å²) in [5.74, 6) is -0.0822. The molecule has 106 valence electrons. The first-order chi connectivity index (χ1) is 9.20. The topological polar surface area (TPSA) is 12.0 Å². The van der Waals surface area contributed by atoms with Crippen molar-refractivity contribution in [1.82, 2.24) is 5.32 Å². The van der Waals surface area contributed by atoms with E-state index >= 15 is 0 Å². The van der Waals surface area contributed by atoms with Gasteiger partial charge < -0.3 is 5.32 Å². The third-order valence-corrected chi connectivity index (χ3v) is 5.16. The van der Waals surface area contributed by atoms with E-state index in [1.165, 1.54) is 25.7 Å². The zero-order valence-corrected chi connectivity index (χ0v) is 12.7. The number of nitrogens with one attached hydrogen (secondary N) is 1. The van der Waals surface area contributed by atoms with E-state index < -0.39 is 0 Å². The van der Waals surface area contributed by atoms with Crippen LogP contribution in [0.2, 0.25) is 0 Å². The molecule has 1 aromatic carbocycles. The van der Waals surface area contributed by atoms with E-state index in [4.69, 9.17) is 0 Å². The summed E-state index contributed by atoms with van der Waals surface area (Å²) in [6.45, 7) is 2.17. The first-order valence-electron chi connectivity index (χ1n) is 7.23. The van der Waals surface area contributed by atoms with Crippen molar-refractivity contribution in [3.05, 3.63) is 35.6 Å². The van der Waals surface area contributed by atoms with Crippen LogP contribution < -0.4 is 5.32 Å². The Hall–Kier alpha value is -0.540. The standard InChI is InChI=1S/C16H24FNS/c1-12(11-13-7-3-4-8-14(13)17)18-15-9-5-6-10-16(15)19-2/h3-4,7-8,12,15-16,18H,5-6,9-11H2,1-2H3. The van der Waals surface area contributed by atoms with Crippen molar-refractivity contribution in [1.29, 1.82) is 0 Å². The summed E-state index contributed by atoms with van der Waals surface area (Å²) >= 11 is 1.97. The van der Waals surface area contributed by atoms with Crippen LogP contribution in [-0.4, -0.2) is 23.6 Å². The minimum absolute atomic E-state index is 0.0822. The summed E-state index contributed by atoms with van der Waals surface area (Å²) in [4.78, 5) is 0. The number of benzene rings is 1. The van der Waals surface area contributed by atoms with Crippen LogP contribution in [0, 0.1) is 5.82 Å². The Balaban J connectivity index is 1.90. The quantitative estimate of drug-likeness (QED) is 0.875. The van der Waals surface area contributed by atoms with E-state index in [9.17, 15) is 4.39 Å². The van der Waals surface area contributed by atoms with Gasteiger partial charge in [-0.1, -0.05) is 31.0 Å². The molecule has 0 amide bonds. The molecule has 1 fully saturated rings. The highest BCUT2D eigenvalue weighted by atomic mass is 32.2. The lowest BCUT2D eigenvalue weighted by molar-refractivity contribution is 0.351. The van der Waals surface area contributed by atoms with Crippen molar-refractivity contribution >= 4 is 11.8 Å². The van der Waals surface area contributed by atoms with E-state index in [2.05, 4.69) is 18.5 Å². The van der Waals surface area contributed by atoms with Crippen LogP contribution in [0.3, 0.4) is 0 Å². The zero-order valence-electron chi connectivity index (χ0n) is 11.9. The molecule has 3 unspecified atom stereocenters. The second-order valence-electron chi connectivity index (χ2n) is 5.53. The molecule has 1 aromatic rings. The monoisotopic (exact) mass is 281 g/mol. The minimum atomic E-state index is -0.0822. The maximum Gasteiger partial charge on any atom is 0.126 e. The van der Waals surface area contributed by atoms with Gasteiger partial charge in [-0.15, -0.1) is 0 Å². The number of hydrogen-bond donors (Lipinski definition) is 1. The molecular formula is C16H24FNS. The SMILES string of the molecule is CSC1CCCCC1NC(C)Cc1ccccc1F. The molecule has 3 atom stereocenters.